The summed E-state index contributed by atoms with van der Waals surface area (Å²) < 4.78 is 10.3. The SMILES string of the molecule is CCOC(=O)C1CCc2sc(N(C)C(C)COC)nc21. The molecule has 0 saturated carbocycles. The van der Waals surface area contributed by atoms with Crippen molar-refractivity contribution in [3.63, 3.8) is 0 Å². The summed E-state index contributed by atoms with van der Waals surface area (Å²) in [6.45, 7) is 5.01. The van der Waals surface area contributed by atoms with Crippen LogP contribution in [-0.2, 0) is 20.7 Å². The van der Waals surface area contributed by atoms with E-state index in [1.165, 1.54) is 4.88 Å². The number of hydrogen-bond acceptors (Lipinski definition) is 6. The lowest BCUT2D eigenvalue weighted by atomic mass is 10.1. The number of esters is 1. The van der Waals surface area contributed by atoms with E-state index in [1.54, 1.807) is 18.4 Å². The Kier molecular flexibility index (Phi) is 4.99. The van der Waals surface area contributed by atoms with Crippen LogP contribution >= 0.6 is 11.3 Å². The summed E-state index contributed by atoms with van der Waals surface area (Å²) in [5.74, 6) is -0.322. The molecule has 2 unspecified atom stereocenters. The van der Waals surface area contributed by atoms with Gasteiger partial charge in [0, 0.05) is 19.0 Å². The molecular formula is C14H22N2O3S. The van der Waals surface area contributed by atoms with Crippen LogP contribution in [0.15, 0.2) is 0 Å². The number of nitrogens with zero attached hydrogens (tertiary/aromatic N) is 2. The van der Waals surface area contributed by atoms with E-state index in [2.05, 4.69) is 16.8 Å². The molecule has 1 aromatic rings. The Morgan fingerprint density at radius 1 is 1.60 bits per heavy atom. The van der Waals surface area contributed by atoms with Crippen molar-refractivity contribution >= 4 is 22.4 Å². The zero-order chi connectivity index (χ0) is 14.7. The Balaban J connectivity index is 2.14. The maximum atomic E-state index is 11.9. The molecule has 1 aliphatic rings. The topological polar surface area (TPSA) is 51.7 Å². The van der Waals surface area contributed by atoms with Gasteiger partial charge in [0.1, 0.15) is 5.92 Å². The van der Waals surface area contributed by atoms with Crippen LogP contribution in [0.25, 0.3) is 0 Å². The molecule has 0 aliphatic heterocycles. The Hall–Kier alpha value is -1.14. The maximum Gasteiger partial charge on any atom is 0.315 e. The highest BCUT2D eigenvalue weighted by atomic mass is 32.1. The van der Waals surface area contributed by atoms with Gasteiger partial charge in [-0.3, -0.25) is 4.79 Å². The van der Waals surface area contributed by atoms with E-state index < -0.39 is 0 Å². The van der Waals surface area contributed by atoms with E-state index in [4.69, 9.17) is 9.47 Å². The van der Waals surface area contributed by atoms with Crippen molar-refractivity contribution in [3.8, 4) is 0 Å². The smallest absolute Gasteiger partial charge is 0.315 e. The molecule has 6 heteroatoms. The highest BCUT2D eigenvalue weighted by Crippen LogP contribution is 2.40. The van der Waals surface area contributed by atoms with Crippen LogP contribution < -0.4 is 4.90 Å². The summed E-state index contributed by atoms with van der Waals surface area (Å²) in [6.07, 6.45) is 1.74. The summed E-state index contributed by atoms with van der Waals surface area (Å²) in [5.41, 5.74) is 0.917. The van der Waals surface area contributed by atoms with Crippen LogP contribution in [0.3, 0.4) is 0 Å². The molecule has 0 saturated heterocycles. The lowest BCUT2D eigenvalue weighted by Crippen LogP contribution is -2.32. The van der Waals surface area contributed by atoms with E-state index in [0.29, 0.717) is 13.2 Å². The molecule has 1 heterocycles. The summed E-state index contributed by atoms with van der Waals surface area (Å²) in [6, 6.07) is 0.257. The van der Waals surface area contributed by atoms with Crippen molar-refractivity contribution in [2.45, 2.75) is 38.6 Å². The Morgan fingerprint density at radius 2 is 2.35 bits per heavy atom. The van der Waals surface area contributed by atoms with Gasteiger partial charge < -0.3 is 14.4 Å². The lowest BCUT2D eigenvalue weighted by Gasteiger charge is -2.23. The molecule has 20 heavy (non-hydrogen) atoms. The highest BCUT2D eigenvalue weighted by Gasteiger charge is 2.34. The van der Waals surface area contributed by atoms with Gasteiger partial charge in [0.15, 0.2) is 5.13 Å². The van der Waals surface area contributed by atoms with Gasteiger partial charge in [-0.05, 0) is 26.7 Å². The Bertz CT molecular complexity index is 475. The van der Waals surface area contributed by atoms with Crippen molar-refractivity contribution in [2.75, 3.05) is 32.3 Å². The number of anilines is 1. The zero-order valence-corrected chi connectivity index (χ0v) is 13.3. The quantitative estimate of drug-likeness (QED) is 0.754. The number of aryl methyl sites for hydroxylation is 1. The summed E-state index contributed by atoms with van der Waals surface area (Å²) in [4.78, 5) is 19.9. The summed E-state index contributed by atoms with van der Waals surface area (Å²) in [5, 5.41) is 0.952. The minimum absolute atomic E-state index is 0.143. The molecule has 0 N–H and O–H groups in total. The van der Waals surface area contributed by atoms with Crippen LogP contribution in [0.2, 0.25) is 0 Å². The van der Waals surface area contributed by atoms with E-state index in [0.717, 1.165) is 23.7 Å². The number of hydrogen-bond donors (Lipinski definition) is 0. The van der Waals surface area contributed by atoms with Gasteiger partial charge in [-0.25, -0.2) is 4.98 Å². The second-order valence-corrected chi connectivity index (χ2v) is 6.13. The zero-order valence-electron chi connectivity index (χ0n) is 12.5. The number of ether oxygens (including phenoxy) is 2. The summed E-state index contributed by atoms with van der Waals surface area (Å²) in [7, 11) is 3.71. The van der Waals surface area contributed by atoms with Crippen molar-refractivity contribution in [1.82, 2.24) is 4.98 Å². The molecule has 0 aromatic carbocycles. The van der Waals surface area contributed by atoms with E-state index in [1.807, 2.05) is 14.0 Å². The molecule has 1 aliphatic carbocycles. The molecule has 0 fully saturated rings. The summed E-state index contributed by atoms with van der Waals surface area (Å²) >= 11 is 1.68. The van der Waals surface area contributed by atoms with Crippen molar-refractivity contribution in [1.29, 1.82) is 0 Å². The van der Waals surface area contributed by atoms with Crippen LogP contribution in [0.4, 0.5) is 5.13 Å². The Labute approximate surface area is 123 Å². The lowest BCUT2D eigenvalue weighted by molar-refractivity contribution is -0.145. The minimum atomic E-state index is -0.180. The largest absolute Gasteiger partial charge is 0.465 e. The second-order valence-electron chi connectivity index (χ2n) is 5.06. The third-order valence-electron chi connectivity index (χ3n) is 3.65. The van der Waals surface area contributed by atoms with Crippen molar-refractivity contribution < 1.29 is 14.3 Å². The molecule has 1 aromatic heterocycles. The predicted octanol–water partition coefficient (Wildman–Crippen LogP) is 2.21. The number of carbonyl (C=O) groups excluding carboxylic acids is 1. The van der Waals surface area contributed by atoms with Crippen LogP contribution in [0, 0.1) is 0 Å². The first-order chi connectivity index (χ1) is 9.58. The predicted molar refractivity (Wildman–Crippen MR) is 79.6 cm³/mol. The van der Waals surface area contributed by atoms with E-state index >= 15 is 0 Å². The fourth-order valence-corrected chi connectivity index (χ4v) is 3.58. The standard InChI is InChI=1S/C14H22N2O3S/c1-5-19-13(17)10-6-7-11-12(10)15-14(20-11)16(3)9(2)8-18-4/h9-10H,5-8H2,1-4H3. The normalized spacial score (nSPS) is 18.7. The molecule has 0 spiro atoms. The average molecular weight is 298 g/mol. The van der Waals surface area contributed by atoms with Crippen molar-refractivity contribution in [2.24, 2.45) is 0 Å². The number of rotatable bonds is 6. The van der Waals surface area contributed by atoms with Gasteiger partial charge in [0.25, 0.3) is 0 Å². The molecule has 2 rings (SSSR count). The molecule has 0 bridgehead atoms. The number of aromatic nitrogens is 1. The number of thiazole rings is 1. The third-order valence-corrected chi connectivity index (χ3v) is 4.87. The molecular weight excluding hydrogens is 276 g/mol. The first kappa shape index (κ1) is 15.3. The Morgan fingerprint density at radius 3 is 3.00 bits per heavy atom. The number of methoxy groups -OCH3 is 1. The molecule has 0 amide bonds. The van der Waals surface area contributed by atoms with Crippen LogP contribution in [0.1, 0.15) is 36.8 Å². The molecule has 112 valence electrons. The van der Waals surface area contributed by atoms with Gasteiger partial charge in [-0.1, -0.05) is 0 Å². The fourth-order valence-electron chi connectivity index (χ4n) is 2.38. The van der Waals surface area contributed by atoms with Crippen LogP contribution in [0.5, 0.6) is 0 Å². The third kappa shape index (κ3) is 2.96. The monoisotopic (exact) mass is 298 g/mol. The maximum absolute atomic E-state index is 11.9. The van der Waals surface area contributed by atoms with Gasteiger partial charge in [-0.15, -0.1) is 11.3 Å². The number of likely N-dealkylation sites (N-methyl/N-ethyl adjacent to an activating group) is 1. The number of fused-ring (bicyclic) bond motifs is 1. The number of carbonyl (C=O) groups is 1. The van der Waals surface area contributed by atoms with E-state index in [9.17, 15) is 4.79 Å². The van der Waals surface area contributed by atoms with E-state index in [-0.39, 0.29) is 17.9 Å². The van der Waals surface area contributed by atoms with Crippen LogP contribution in [-0.4, -0.2) is 44.4 Å². The molecule has 5 nitrogen and oxygen atoms in total. The minimum Gasteiger partial charge on any atom is -0.465 e. The van der Waals surface area contributed by atoms with Gasteiger partial charge in [0.2, 0.25) is 0 Å². The van der Waals surface area contributed by atoms with Gasteiger partial charge >= 0.3 is 5.97 Å². The van der Waals surface area contributed by atoms with Crippen molar-refractivity contribution in [3.05, 3.63) is 10.6 Å². The first-order valence-corrected chi connectivity index (χ1v) is 7.78. The highest BCUT2D eigenvalue weighted by molar-refractivity contribution is 7.15. The second kappa shape index (κ2) is 6.54. The molecule has 0 radical (unpaired) electrons. The van der Waals surface area contributed by atoms with Gasteiger partial charge in [0.05, 0.1) is 24.9 Å². The van der Waals surface area contributed by atoms with Gasteiger partial charge in [-0.2, -0.15) is 0 Å². The first-order valence-electron chi connectivity index (χ1n) is 6.96. The fraction of sp³-hybridized carbons (Fsp3) is 0.714. The average Bonchev–Trinajstić information content (AvgIpc) is 2.97. The molecule has 2 atom stereocenters.